The van der Waals surface area contributed by atoms with E-state index in [1.165, 1.54) is 0 Å². The predicted octanol–water partition coefficient (Wildman–Crippen LogP) is -17.1. The second kappa shape index (κ2) is 17.7. The van der Waals surface area contributed by atoms with E-state index in [-0.39, 0.29) is 233 Å². The minimum atomic E-state index is -5.61. The Kier molecular flexibility index (Phi) is 58.6. The van der Waals surface area contributed by atoms with E-state index in [4.69, 9.17) is 19.2 Å². The molecule has 4 nitrogen and oxygen atoms in total. The van der Waals surface area contributed by atoms with Crippen molar-refractivity contribution < 1.29 is 252 Å². The first-order valence-corrected chi connectivity index (χ1v) is 2.45. The number of hydrogen-bond acceptors (Lipinski definition) is 4. The number of hydrogen-bond donors (Lipinski definition) is 0. The van der Waals surface area contributed by atoms with Gasteiger partial charge in [-0.05, 0) is 0 Å². The fourth-order valence-electron chi connectivity index (χ4n) is 0. The first kappa shape index (κ1) is 29.9. The van der Waals surface area contributed by atoms with Crippen molar-refractivity contribution in [3.8, 4) is 0 Å². The maximum Gasteiger partial charge on any atom is 1.00 e. The van der Waals surface area contributed by atoms with E-state index in [9.17, 15) is 0 Å². The summed E-state index contributed by atoms with van der Waals surface area (Å²) in [6.07, 6.45) is 0. The van der Waals surface area contributed by atoms with Crippen LogP contribution in [0.3, 0.4) is 0 Å². The SMILES string of the molecule is [O-][Si]([O-])([O-])[O-].[Rb+].[Rb+].[Rb+].[Rb+]. The molecule has 0 aromatic rings. The zero-order valence-electron chi connectivity index (χ0n) is 6.13. The van der Waals surface area contributed by atoms with Crippen LogP contribution < -0.4 is 252 Å². The van der Waals surface area contributed by atoms with Crippen LogP contribution in [0.15, 0.2) is 0 Å². The van der Waals surface area contributed by atoms with E-state index in [1.807, 2.05) is 0 Å². The van der Waals surface area contributed by atoms with Gasteiger partial charge in [-0.2, -0.15) is 0 Å². The summed E-state index contributed by atoms with van der Waals surface area (Å²) in [5.74, 6) is 0. The van der Waals surface area contributed by atoms with Crippen molar-refractivity contribution in [2.45, 2.75) is 0 Å². The molecule has 0 spiro atoms. The van der Waals surface area contributed by atoms with Gasteiger partial charge in [0.25, 0.3) is 0 Å². The molecule has 0 N–H and O–H groups in total. The second-order valence-electron chi connectivity index (χ2n) is 0.500. The van der Waals surface area contributed by atoms with Gasteiger partial charge in [-0.3, -0.25) is 0 Å². The summed E-state index contributed by atoms with van der Waals surface area (Å²) in [7, 11) is -5.61. The maximum atomic E-state index is 8.58. The largest absolute Gasteiger partial charge is 1.00 e. The van der Waals surface area contributed by atoms with Gasteiger partial charge in [0.2, 0.25) is 0 Å². The molecule has 0 radical (unpaired) electrons. The molecule has 0 aromatic carbocycles. The Morgan fingerprint density at radius 1 is 0.556 bits per heavy atom. The first-order valence-electron chi connectivity index (χ1n) is 0.816. The average Bonchev–Trinajstić information content (AvgIpc) is 0.722. The van der Waals surface area contributed by atoms with Crippen LogP contribution in [0.5, 0.6) is 0 Å². The van der Waals surface area contributed by atoms with E-state index in [0.29, 0.717) is 0 Å². The minimum Gasteiger partial charge on any atom is -0.894 e. The van der Waals surface area contributed by atoms with E-state index in [0.717, 1.165) is 0 Å². The van der Waals surface area contributed by atoms with Crippen LogP contribution in [-0.4, -0.2) is 9.05 Å². The van der Waals surface area contributed by atoms with Crippen molar-refractivity contribution >= 4 is 9.05 Å². The fraction of sp³-hybridized carbons (Fsp3) is 0. The molecule has 0 rings (SSSR count). The summed E-state index contributed by atoms with van der Waals surface area (Å²) in [6.45, 7) is 0. The van der Waals surface area contributed by atoms with E-state index in [1.54, 1.807) is 0 Å². The summed E-state index contributed by atoms with van der Waals surface area (Å²) in [6, 6.07) is 0. The van der Waals surface area contributed by atoms with Gasteiger partial charge in [-0.15, -0.1) is 0 Å². The number of rotatable bonds is 0. The van der Waals surface area contributed by atoms with Crippen molar-refractivity contribution in [3.05, 3.63) is 0 Å². The van der Waals surface area contributed by atoms with Crippen LogP contribution >= 0.6 is 0 Å². The van der Waals surface area contributed by atoms with Gasteiger partial charge in [-0.1, -0.05) is 0 Å². The molecule has 0 heterocycles. The van der Waals surface area contributed by atoms with Gasteiger partial charge in [0, 0.05) is 0 Å². The van der Waals surface area contributed by atoms with Crippen LogP contribution in [0.4, 0.5) is 0 Å². The van der Waals surface area contributed by atoms with Crippen LogP contribution in [-0.2, 0) is 0 Å². The molecular weight excluding hydrogens is 434 g/mol. The summed E-state index contributed by atoms with van der Waals surface area (Å²) < 4.78 is 0. The van der Waals surface area contributed by atoms with Gasteiger partial charge in [-0.25, -0.2) is 0 Å². The third-order valence-corrected chi connectivity index (χ3v) is 0. The fourth-order valence-corrected chi connectivity index (χ4v) is 0. The van der Waals surface area contributed by atoms with Crippen LogP contribution in [0, 0.1) is 0 Å². The van der Waals surface area contributed by atoms with Crippen molar-refractivity contribution in [2.75, 3.05) is 0 Å². The topological polar surface area (TPSA) is 92.2 Å². The molecule has 0 aromatic heterocycles. The van der Waals surface area contributed by atoms with Gasteiger partial charge in [0.15, 0.2) is 0 Å². The monoisotopic (exact) mass is 432 g/mol. The molecular formula is O4Rb4Si. The molecule has 0 aliphatic rings. The molecule has 9 heteroatoms. The van der Waals surface area contributed by atoms with E-state index >= 15 is 0 Å². The van der Waals surface area contributed by atoms with Crippen LogP contribution in [0.1, 0.15) is 0 Å². The third kappa shape index (κ3) is 50.9. The van der Waals surface area contributed by atoms with Crippen molar-refractivity contribution in [1.82, 2.24) is 0 Å². The molecule has 0 unspecified atom stereocenters. The minimum absolute atomic E-state index is 0. The summed E-state index contributed by atoms with van der Waals surface area (Å²) in [5.41, 5.74) is 0. The quantitative estimate of drug-likeness (QED) is 0.355. The average molecular weight is 434 g/mol. The Morgan fingerprint density at radius 3 is 0.556 bits per heavy atom. The Hall–Kier alpha value is 7.28. The molecule has 9 heavy (non-hydrogen) atoms. The van der Waals surface area contributed by atoms with E-state index in [2.05, 4.69) is 0 Å². The van der Waals surface area contributed by atoms with Crippen LogP contribution in [0.2, 0.25) is 0 Å². The molecule has 0 aliphatic carbocycles. The van der Waals surface area contributed by atoms with Crippen molar-refractivity contribution in [3.63, 3.8) is 0 Å². The Balaban J connectivity index is -0.0000000133. The smallest absolute Gasteiger partial charge is 0.894 e. The van der Waals surface area contributed by atoms with Gasteiger partial charge >= 0.3 is 233 Å². The maximum absolute atomic E-state index is 8.58. The molecule has 32 valence electrons. The van der Waals surface area contributed by atoms with Crippen molar-refractivity contribution in [2.24, 2.45) is 0 Å². The van der Waals surface area contributed by atoms with Crippen molar-refractivity contribution in [1.29, 1.82) is 0 Å². The van der Waals surface area contributed by atoms with Gasteiger partial charge < -0.3 is 28.2 Å². The van der Waals surface area contributed by atoms with E-state index < -0.39 is 9.05 Å². The van der Waals surface area contributed by atoms with Gasteiger partial charge in [0.1, 0.15) is 0 Å². The molecule has 0 bridgehead atoms. The first-order chi connectivity index (χ1) is 2.00. The Bertz CT molecular complexity index is 28.0. The normalized spacial score (nSPS) is 6.67. The third-order valence-electron chi connectivity index (χ3n) is 0. The standard InChI is InChI=1S/O4Si.4Rb/c1-5(2,3)4;;;;/q-4;4*+1. The van der Waals surface area contributed by atoms with Crippen LogP contribution in [0.25, 0.3) is 0 Å². The van der Waals surface area contributed by atoms with Gasteiger partial charge in [0.05, 0.1) is 0 Å². The Labute approximate surface area is 251 Å². The molecule has 0 saturated heterocycles. The second-order valence-corrected chi connectivity index (χ2v) is 1.50. The zero-order chi connectivity index (χ0) is 4.50. The zero-order valence-corrected chi connectivity index (χ0v) is 26.8. The predicted molar refractivity (Wildman–Crippen MR) is 5.75 cm³/mol. The summed E-state index contributed by atoms with van der Waals surface area (Å²) in [5, 5.41) is 0. The molecule has 0 saturated carbocycles. The molecule has 0 atom stereocenters. The summed E-state index contributed by atoms with van der Waals surface area (Å²) in [4.78, 5) is 34.3. The molecule has 0 fully saturated rings. The Morgan fingerprint density at radius 2 is 0.556 bits per heavy atom. The molecule has 0 aliphatic heterocycles. The summed E-state index contributed by atoms with van der Waals surface area (Å²) >= 11 is 0. The molecule has 0 amide bonds.